The first-order valence-electron chi connectivity index (χ1n) is 3.76. The van der Waals surface area contributed by atoms with Crippen molar-refractivity contribution >= 4 is 12.4 Å². The minimum Gasteiger partial charge on any atom is -0.439 e. The van der Waals surface area contributed by atoms with Gasteiger partial charge in [0, 0.05) is 6.42 Å². The summed E-state index contributed by atoms with van der Waals surface area (Å²) in [5, 5.41) is 19.5. The molecule has 0 bridgehead atoms. The van der Waals surface area contributed by atoms with Gasteiger partial charge in [-0.3, -0.25) is 9.59 Å². The van der Waals surface area contributed by atoms with Crippen LogP contribution < -0.4 is 5.32 Å². The fourth-order valence-corrected chi connectivity index (χ4v) is 0.583. The van der Waals surface area contributed by atoms with Gasteiger partial charge in [0.25, 0.3) is 0 Å². The molecule has 1 amide bonds. The summed E-state index contributed by atoms with van der Waals surface area (Å²) in [6, 6.07) is 0. The second-order valence-electron chi connectivity index (χ2n) is 2.26. The van der Waals surface area contributed by atoms with Crippen LogP contribution in [0.5, 0.6) is 0 Å². The molecule has 2 unspecified atom stereocenters. The number of aliphatic hydroxyl groups excluding tert-OH is 2. The molecule has 0 saturated heterocycles. The highest BCUT2D eigenvalue weighted by Crippen LogP contribution is 1.97. The molecule has 0 spiro atoms. The van der Waals surface area contributed by atoms with Gasteiger partial charge in [-0.1, -0.05) is 6.92 Å². The summed E-state index contributed by atoms with van der Waals surface area (Å²) < 4.78 is 4.57. The molecule has 0 saturated carbocycles. The third-order valence-corrected chi connectivity index (χ3v) is 1.28. The zero-order valence-electron chi connectivity index (χ0n) is 7.19. The van der Waals surface area contributed by atoms with Crippen LogP contribution in [0.25, 0.3) is 0 Å². The lowest BCUT2D eigenvalue weighted by Crippen LogP contribution is -2.44. The van der Waals surface area contributed by atoms with Crippen LogP contribution in [-0.2, 0) is 14.3 Å². The lowest BCUT2D eigenvalue weighted by molar-refractivity contribution is -0.157. The SMILES string of the molecule is CCC(=O)OC(N[C]=O)C(O)CO. The van der Waals surface area contributed by atoms with Crippen LogP contribution in [0.1, 0.15) is 13.3 Å². The van der Waals surface area contributed by atoms with E-state index in [0.29, 0.717) is 0 Å². The molecule has 0 heterocycles. The van der Waals surface area contributed by atoms with Gasteiger partial charge in [-0.05, 0) is 0 Å². The molecular formula is C7H12NO5. The maximum absolute atomic E-state index is 10.7. The van der Waals surface area contributed by atoms with Crippen molar-refractivity contribution in [1.82, 2.24) is 5.32 Å². The number of hydrogen-bond donors (Lipinski definition) is 3. The number of ether oxygens (including phenoxy) is 1. The highest BCUT2D eigenvalue weighted by Gasteiger charge is 2.21. The zero-order chi connectivity index (χ0) is 10.3. The predicted octanol–water partition coefficient (Wildman–Crippen LogP) is -1.72. The summed E-state index contributed by atoms with van der Waals surface area (Å²) in [6.45, 7) is 0.950. The van der Waals surface area contributed by atoms with E-state index >= 15 is 0 Å². The van der Waals surface area contributed by atoms with Gasteiger partial charge in [0.2, 0.25) is 6.23 Å². The van der Waals surface area contributed by atoms with Crippen LogP contribution in [0.2, 0.25) is 0 Å². The first-order chi connectivity index (χ1) is 6.15. The van der Waals surface area contributed by atoms with Crippen molar-refractivity contribution in [2.75, 3.05) is 6.61 Å². The zero-order valence-corrected chi connectivity index (χ0v) is 7.19. The van der Waals surface area contributed by atoms with E-state index in [1.165, 1.54) is 6.41 Å². The van der Waals surface area contributed by atoms with E-state index in [1.54, 1.807) is 6.92 Å². The Kier molecular flexibility index (Phi) is 5.82. The van der Waals surface area contributed by atoms with Crippen LogP contribution in [0, 0.1) is 0 Å². The number of carbonyl (C=O) groups is 1. The molecule has 1 radical (unpaired) electrons. The van der Waals surface area contributed by atoms with E-state index in [1.807, 2.05) is 5.32 Å². The average molecular weight is 190 g/mol. The topological polar surface area (TPSA) is 95.9 Å². The van der Waals surface area contributed by atoms with E-state index in [-0.39, 0.29) is 6.42 Å². The van der Waals surface area contributed by atoms with Gasteiger partial charge in [-0.2, -0.15) is 0 Å². The van der Waals surface area contributed by atoms with Crippen molar-refractivity contribution in [3.63, 3.8) is 0 Å². The Morgan fingerprint density at radius 2 is 2.31 bits per heavy atom. The summed E-state index contributed by atoms with van der Waals surface area (Å²) in [5.41, 5.74) is 0. The van der Waals surface area contributed by atoms with Gasteiger partial charge in [0.05, 0.1) is 6.61 Å². The third kappa shape index (κ3) is 4.44. The number of rotatable bonds is 6. The van der Waals surface area contributed by atoms with Crippen molar-refractivity contribution in [2.45, 2.75) is 25.7 Å². The molecule has 0 aliphatic heterocycles. The lowest BCUT2D eigenvalue weighted by Gasteiger charge is -2.19. The number of nitrogens with one attached hydrogen (secondary N) is 1. The average Bonchev–Trinajstić information content (AvgIpc) is 2.15. The van der Waals surface area contributed by atoms with Crippen LogP contribution in [0.3, 0.4) is 0 Å². The number of esters is 1. The van der Waals surface area contributed by atoms with Gasteiger partial charge in [-0.15, -0.1) is 0 Å². The maximum atomic E-state index is 10.7. The van der Waals surface area contributed by atoms with Crippen LogP contribution >= 0.6 is 0 Å². The number of hydrogen-bond acceptors (Lipinski definition) is 5. The van der Waals surface area contributed by atoms with Crippen molar-refractivity contribution in [1.29, 1.82) is 0 Å². The van der Waals surface area contributed by atoms with Crippen LogP contribution in [-0.4, -0.2) is 41.5 Å². The Labute approximate surface area is 75.5 Å². The van der Waals surface area contributed by atoms with Crippen molar-refractivity contribution in [3.05, 3.63) is 0 Å². The van der Waals surface area contributed by atoms with Gasteiger partial charge >= 0.3 is 12.4 Å². The Bertz CT molecular complexity index is 172. The Morgan fingerprint density at radius 1 is 1.69 bits per heavy atom. The second kappa shape index (κ2) is 6.38. The molecule has 6 heteroatoms. The first-order valence-corrected chi connectivity index (χ1v) is 3.76. The number of carbonyl (C=O) groups excluding carboxylic acids is 2. The monoisotopic (exact) mass is 190 g/mol. The number of amides is 1. The number of aliphatic hydroxyl groups is 2. The highest BCUT2D eigenvalue weighted by molar-refractivity contribution is 5.69. The standard InChI is InChI=1S/C7H12NO5/c1-2-6(12)13-7(8-4-10)5(11)3-9/h5,7,9,11H,2-3H2,1H3,(H,8,10). The van der Waals surface area contributed by atoms with Crippen LogP contribution in [0.15, 0.2) is 0 Å². The fourth-order valence-electron chi connectivity index (χ4n) is 0.583. The van der Waals surface area contributed by atoms with Crippen LogP contribution in [0.4, 0.5) is 0 Å². The summed E-state index contributed by atoms with van der Waals surface area (Å²) >= 11 is 0. The molecule has 6 nitrogen and oxygen atoms in total. The van der Waals surface area contributed by atoms with Gasteiger partial charge in [0.15, 0.2) is 0 Å². The summed E-state index contributed by atoms with van der Waals surface area (Å²) in [7, 11) is 0. The molecular weight excluding hydrogens is 178 g/mol. The molecule has 0 aromatic carbocycles. The summed E-state index contributed by atoms with van der Waals surface area (Å²) in [6.07, 6.45) is -1.19. The van der Waals surface area contributed by atoms with E-state index in [4.69, 9.17) is 10.2 Å². The summed E-state index contributed by atoms with van der Waals surface area (Å²) in [5.74, 6) is -0.583. The van der Waals surface area contributed by atoms with E-state index in [2.05, 4.69) is 4.74 Å². The molecule has 75 valence electrons. The van der Waals surface area contributed by atoms with Crippen molar-refractivity contribution < 1.29 is 24.5 Å². The Morgan fingerprint density at radius 3 is 2.69 bits per heavy atom. The van der Waals surface area contributed by atoms with Gasteiger partial charge in [0.1, 0.15) is 6.10 Å². The summed E-state index contributed by atoms with van der Waals surface area (Å²) in [4.78, 5) is 20.6. The quantitative estimate of drug-likeness (QED) is 0.263. The smallest absolute Gasteiger partial charge is 0.312 e. The van der Waals surface area contributed by atoms with Crippen molar-refractivity contribution in [3.8, 4) is 0 Å². The molecule has 13 heavy (non-hydrogen) atoms. The molecule has 0 fully saturated rings. The molecule has 3 N–H and O–H groups in total. The van der Waals surface area contributed by atoms with Gasteiger partial charge < -0.3 is 20.3 Å². The largest absolute Gasteiger partial charge is 0.439 e. The highest BCUT2D eigenvalue weighted by atomic mass is 16.6. The van der Waals surface area contributed by atoms with E-state index in [0.717, 1.165) is 0 Å². The first kappa shape index (κ1) is 11.9. The third-order valence-electron chi connectivity index (χ3n) is 1.28. The molecule has 2 atom stereocenters. The predicted molar refractivity (Wildman–Crippen MR) is 42.1 cm³/mol. The van der Waals surface area contributed by atoms with Crippen molar-refractivity contribution in [2.24, 2.45) is 0 Å². The normalized spacial score (nSPS) is 14.4. The molecule has 0 aromatic heterocycles. The Balaban J connectivity index is 4.07. The fraction of sp³-hybridized carbons (Fsp3) is 0.714. The molecule has 0 rings (SSSR count). The maximum Gasteiger partial charge on any atom is 0.312 e. The minimum absolute atomic E-state index is 0.120. The molecule has 0 aliphatic rings. The second-order valence-corrected chi connectivity index (χ2v) is 2.26. The lowest BCUT2D eigenvalue weighted by atomic mass is 10.3. The minimum atomic E-state index is -1.34. The van der Waals surface area contributed by atoms with E-state index < -0.39 is 24.9 Å². The molecule has 0 aromatic rings. The van der Waals surface area contributed by atoms with E-state index in [9.17, 15) is 9.59 Å². The Hall–Kier alpha value is -1.14. The van der Waals surface area contributed by atoms with Gasteiger partial charge in [-0.25, -0.2) is 0 Å². The molecule has 0 aliphatic carbocycles.